The van der Waals surface area contributed by atoms with E-state index in [2.05, 4.69) is 26.2 Å². The van der Waals surface area contributed by atoms with Crippen molar-refractivity contribution in [3.8, 4) is 0 Å². The first-order valence-corrected chi connectivity index (χ1v) is 9.57. The minimum atomic E-state index is -1.10. The smallest absolute Gasteiger partial charge is 0.306 e. The van der Waals surface area contributed by atoms with Gasteiger partial charge in [-0.15, -0.1) is 0 Å². The molecule has 16 heavy (non-hydrogen) atoms. The Hall–Kier alpha value is -0.573. The molecule has 0 saturated heterocycles. The lowest BCUT2D eigenvalue weighted by Crippen LogP contribution is -2.24. The summed E-state index contributed by atoms with van der Waals surface area (Å²) in [7, 11) is -1.10. The molecule has 94 valence electrons. The summed E-state index contributed by atoms with van der Waals surface area (Å²) in [5.74, 6) is -0.105. The molecule has 0 aromatic heterocycles. The zero-order valence-corrected chi connectivity index (χ0v) is 12.6. The van der Waals surface area contributed by atoms with Crippen molar-refractivity contribution in [2.24, 2.45) is 5.41 Å². The number of ether oxygens (including phenoxy) is 1. The number of allylic oxidation sites excluding steroid dienone is 1. The van der Waals surface area contributed by atoms with E-state index in [1.54, 1.807) is 0 Å². The Kier molecular flexibility index (Phi) is 5.46. The van der Waals surface area contributed by atoms with E-state index >= 15 is 0 Å². The number of hydrogen-bond donors (Lipinski definition) is 0. The second-order valence-electron chi connectivity index (χ2n) is 6.37. The highest BCUT2D eigenvalue weighted by Gasteiger charge is 2.24. The van der Waals surface area contributed by atoms with Crippen LogP contribution in [0.25, 0.3) is 0 Å². The Bertz CT molecular complexity index is 262. The molecule has 0 saturated carbocycles. The normalized spacial score (nSPS) is 12.4. The molecular weight excluding hydrogens is 216 g/mol. The van der Waals surface area contributed by atoms with Gasteiger partial charge in [-0.1, -0.05) is 45.6 Å². The summed E-state index contributed by atoms with van der Waals surface area (Å²) in [6, 6.07) is 1.03. The van der Waals surface area contributed by atoms with Crippen LogP contribution in [0.3, 0.4) is 0 Å². The molecule has 0 amide bonds. The largest absolute Gasteiger partial charge is 0.466 e. The molecule has 0 fully saturated rings. The van der Waals surface area contributed by atoms with Crippen LogP contribution in [0.1, 0.15) is 27.2 Å². The zero-order chi connectivity index (χ0) is 13.0. The molecule has 0 atom stereocenters. The minimum Gasteiger partial charge on any atom is -0.466 e. The predicted molar refractivity (Wildman–Crippen MR) is 72.3 cm³/mol. The van der Waals surface area contributed by atoms with E-state index in [-0.39, 0.29) is 11.4 Å². The van der Waals surface area contributed by atoms with Gasteiger partial charge in [-0.3, -0.25) is 4.79 Å². The van der Waals surface area contributed by atoms with Crippen LogP contribution in [0.15, 0.2) is 12.2 Å². The molecule has 0 unspecified atom stereocenters. The third kappa shape index (κ3) is 6.83. The molecule has 0 aliphatic heterocycles. The Morgan fingerprint density at radius 1 is 1.31 bits per heavy atom. The molecule has 0 aliphatic carbocycles. The second kappa shape index (κ2) is 5.67. The SMILES string of the molecule is C=C(C)C(C)(C)CC(=O)OCC[Si](C)(C)C. The van der Waals surface area contributed by atoms with E-state index < -0.39 is 8.07 Å². The van der Waals surface area contributed by atoms with E-state index in [1.165, 1.54) is 0 Å². The van der Waals surface area contributed by atoms with Crippen molar-refractivity contribution in [1.82, 2.24) is 0 Å². The average molecular weight is 242 g/mol. The van der Waals surface area contributed by atoms with Crippen LogP contribution in [0.5, 0.6) is 0 Å². The Morgan fingerprint density at radius 2 is 1.81 bits per heavy atom. The molecule has 0 bridgehead atoms. The first kappa shape index (κ1) is 15.4. The summed E-state index contributed by atoms with van der Waals surface area (Å²) in [5, 5.41) is 0. The highest BCUT2D eigenvalue weighted by molar-refractivity contribution is 6.76. The van der Waals surface area contributed by atoms with Crippen molar-refractivity contribution in [3.05, 3.63) is 12.2 Å². The van der Waals surface area contributed by atoms with Crippen LogP contribution in [0.4, 0.5) is 0 Å². The van der Waals surface area contributed by atoms with E-state index in [0.29, 0.717) is 13.0 Å². The summed E-state index contributed by atoms with van der Waals surface area (Å²) >= 11 is 0. The maximum Gasteiger partial charge on any atom is 0.306 e. The third-order valence-corrected chi connectivity index (χ3v) is 4.56. The lowest BCUT2D eigenvalue weighted by molar-refractivity contribution is -0.144. The van der Waals surface area contributed by atoms with Crippen molar-refractivity contribution in [1.29, 1.82) is 0 Å². The summed E-state index contributed by atoms with van der Waals surface area (Å²) in [5.41, 5.74) is 0.866. The Labute approximate surface area is 101 Å². The molecule has 0 aromatic rings. The summed E-state index contributed by atoms with van der Waals surface area (Å²) < 4.78 is 5.26. The van der Waals surface area contributed by atoms with Crippen LogP contribution >= 0.6 is 0 Å². The van der Waals surface area contributed by atoms with Gasteiger partial charge in [0.05, 0.1) is 13.0 Å². The van der Waals surface area contributed by atoms with Gasteiger partial charge in [0.25, 0.3) is 0 Å². The average Bonchev–Trinajstić information content (AvgIpc) is 1.99. The van der Waals surface area contributed by atoms with Crippen LogP contribution in [0, 0.1) is 5.41 Å². The predicted octanol–water partition coefficient (Wildman–Crippen LogP) is 3.86. The fourth-order valence-electron chi connectivity index (χ4n) is 1.03. The van der Waals surface area contributed by atoms with E-state index in [1.807, 2.05) is 20.8 Å². The van der Waals surface area contributed by atoms with Crippen LogP contribution in [-0.4, -0.2) is 20.7 Å². The summed E-state index contributed by atoms with van der Waals surface area (Å²) in [6.07, 6.45) is 0.425. The van der Waals surface area contributed by atoms with Crippen molar-refractivity contribution in [2.45, 2.75) is 52.9 Å². The van der Waals surface area contributed by atoms with Gasteiger partial charge in [-0.2, -0.15) is 0 Å². The minimum absolute atomic E-state index is 0.105. The number of hydrogen-bond acceptors (Lipinski definition) is 2. The highest BCUT2D eigenvalue weighted by Crippen LogP contribution is 2.28. The van der Waals surface area contributed by atoms with Gasteiger partial charge < -0.3 is 4.74 Å². The molecule has 3 heteroatoms. The van der Waals surface area contributed by atoms with Gasteiger partial charge in [0.1, 0.15) is 0 Å². The van der Waals surface area contributed by atoms with Gasteiger partial charge in [0.2, 0.25) is 0 Å². The molecule has 2 nitrogen and oxygen atoms in total. The molecule has 0 N–H and O–H groups in total. The van der Waals surface area contributed by atoms with Crippen molar-refractivity contribution in [3.63, 3.8) is 0 Å². The first-order chi connectivity index (χ1) is 7.04. The molecule has 0 spiro atoms. The molecule has 0 radical (unpaired) electrons. The Morgan fingerprint density at radius 3 is 2.19 bits per heavy atom. The van der Waals surface area contributed by atoms with E-state index in [4.69, 9.17) is 4.74 Å². The number of esters is 1. The standard InChI is InChI=1S/C13H26O2Si/c1-11(2)13(3,4)10-12(14)15-8-9-16(5,6)7/h1,8-10H2,2-7H3. The van der Waals surface area contributed by atoms with Crippen LogP contribution < -0.4 is 0 Å². The number of carbonyl (C=O) groups excluding carboxylic acids is 1. The first-order valence-electron chi connectivity index (χ1n) is 5.86. The van der Waals surface area contributed by atoms with Gasteiger partial charge in [0, 0.05) is 8.07 Å². The van der Waals surface area contributed by atoms with Crippen molar-refractivity contribution < 1.29 is 9.53 Å². The Balaban J connectivity index is 3.97. The van der Waals surface area contributed by atoms with E-state index in [9.17, 15) is 4.79 Å². The second-order valence-corrected chi connectivity index (χ2v) is 12.0. The topological polar surface area (TPSA) is 26.3 Å². The van der Waals surface area contributed by atoms with Gasteiger partial charge in [-0.05, 0) is 18.4 Å². The fourth-order valence-corrected chi connectivity index (χ4v) is 1.75. The van der Waals surface area contributed by atoms with Gasteiger partial charge in [-0.25, -0.2) is 0 Å². The highest BCUT2D eigenvalue weighted by atomic mass is 28.3. The van der Waals surface area contributed by atoms with Crippen molar-refractivity contribution >= 4 is 14.0 Å². The molecule has 0 aliphatic rings. The summed E-state index contributed by atoms with van der Waals surface area (Å²) in [6.45, 7) is 17.3. The quantitative estimate of drug-likeness (QED) is 0.401. The monoisotopic (exact) mass is 242 g/mol. The lowest BCUT2D eigenvalue weighted by atomic mass is 9.83. The molecule has 0 rings (SSSR count). The van der Waals surface area contributed by atoms with Crippen LogP contribution in [-0.2, 0) is 9.53 Å². The molecule has 0 aromatic carbocycles. The molecule has 0 heterocycles. The van der Waals surface area contributed by atoms with Crippen molar-refractivity contribution in [2.75, 3.05) is 6.61 Å². The third-order valence-electron chi connectivity index (χ3n) is 2.86. The van der Waals surface area contributed by atoms with Gasteiger partial charge in [0.15, 0.2) is 0 Å². The summed E-state index contributed by atoms with van der Waals surface area (Å²) in [4.78, 5) is 11.6. The maximum absolute atomic E-state index is 11.6. The zero-order valence-electron chi connectivity index (χ0n) is 11.6. The lowest BCUT2D eigenvalue weighted by Gasteiger charge is -2.24. The molecular formula is C13H26O2Si. The van der Waals surface area contributed by atoms with Gasteiger partial charge >= 0.3 is 5.97 Å². The number of carbonyl (C=O) groups is 1. The van der Waals surface area contributed by atoms with Crippen LogP contribution in [0.2, 0.25) is 25.7 Å². The maximum atomic E-state index is 11.6. The number of rotatable bonds is 6. The fraction of sp³-hybridized carbons (Fsp3) is 0.769. The van der Waals surface area contributed by atoms with E-state index in [0.717, 1.165) is 11.6 Å².